The molecule has 0 saturated carbocycles. The molecule has 0 aliphatic carbocycles. The molecule has 1 heterocycles. The highest BCUT2D eigenvalue weighted by molar-refractivity contribution is 5.94. The number of aromatic nitrogens is 1. The second-order valence-corrected chi connectivity index (χ2v) is 6.40. The Balaban J connectivity index is 1.81. The van der Waals surface area contributed by atoms with E-state index in [-0.39, 0.29) is 11.8 Å². The predicted molar refractivity (Wildman–Crippen MR) is 90.6 cm³/mol. The lowest BCUT2D eigenvalue weighted by atomic mass is 9.96. The summed E-state index contributed by atoms with van der Waals surface area (Å²) in [6.45, 7) is 6.39. The molecule has 0 fully saturated rings. The van der Waals surface area contributed by atoms with Gasteiger partial charge in [-0.25, -0.2) is 0 Å². The summed E-state index contributed by atoms with van der Waals surface area (Å²) >= 11 is 0. The normalized spacial score (nSPS) is 11.1. The maximum atomic E-state index is 12.1. The molecule has 23 heavy (non-hydrogen) atoms. The molecule has 0 saturated heterocycles. The summed E-state index contributed by atoms with van der Waals surface area (Å²) in [5.74, 6) is -0.170. The van der Waals surface area contributed by atoms with Gasteiger partial charge in [0.1, 0.15) is 0 Å². The van der Waals surface area contributed by atoms with Crippen LogP contribution in [0.15, 0.2) is 48.8 Å². The Hall–Kier alpha value is -2.56. The van der Waals surface area contributed by atoms with Gasteiger partial charge in [0.2, 0.25) is 5.91 Å². The molecular formula is C18H23N3O2. The molecule has 2 N–H and O–H groups in total. The van der Waals surface area contributed by atoms with Gasteiger partial charge in [-0.1, -0.05) is 20.8 Å². The summed E-state index contributed by atoms with van der Waals surface area (Å²) in [5.41, 5.74) is 1.19. The van der Waals surface area contributed by atoms with Crippen molar-refractivity contribution in [2.24, 2.45) is 5.41 Å². The van der Waals surface area contributed by atoms with Gasteiger partial charge in [0.05, 0.1) is 0 Å². The fraction of sp³-hybridized carbons (Fsp3) is 0.333. The third-order valence-corrected chi connectivity index (χ3v) is 3.41. The lowest BCUT2D eigenvalue weighted by molar-refractivity contribution is -0.128. The van der Waals surface area contributed by atoms with Crippen LogP contribution in [0.1, 0.15) is 31.1 Å². The number of nitrogens with zero attached hydrogens (tertiary/aromatic N) is 1. The van der Waals surface area contributed by atoms with Crippen LogP contribution in [-0.4, -0.2) is 29.5 Å². The molecule has 0 radical (unpaired) electrons. The first-order valence-electron chi connectivity index (χ1n) is 7.68. The molecule has 1 aromatic heterocycles. The highest BCUT2D eigenvalue weighted by atomic mass is 16.2. The van der Waals surface area contributed by atoms with E-state index in [1.807, 2.05) is 62.0 Å². The van der Waals surface area contributed by atoms with E-state index >= 15 is 0 Å². The first kappa shape index (κ1) is 16.8. The Morgan fingerprint density at radius 1 is 0.957 bits per heavy atom. The summed E-state index contributed by atoms with van der Waals surface area (Å²) < 4.78 is 1.98. The summed E-state index contributed by atoms with van der Waals surface area (Å²) in [4.78, 5) is 23.8. The first-order chi connectivity index (χ1) is 10.9. The van der Waals surface area contributed by atoms with Gasteiger partial charge in [-0.05, 0) is 36.4 Å². The van der Waals surface area contributed by atoms with E-state index in [0.717, 1.165) is 5.69 Å². The largest absolute Gasteiger partial charge is 0.354 e. The fourth-order valence-corrected chi connectivity index (χ4v) is 2.01. The van der Waals surface area contributed by atoms with E-state index in [9.17, 15) is 9.59 Å². The number of carbonyl (C=O) groups is 2. The van der Waals surface area contributed by atoms with E-state index < -0.39 is 5.41 Å². The summed E-state index contributed by atoms with van der Waals surface area (Å²) in [7, 11) is 0. The highest BCUT2D eigenvalue weighted by Gasteiger charge is 2.20. The standard InChI is InChI=1S/C18H23N3O2/c1-18(2,3)17(23)20-11-10-19-16(22)14-6-8-15(9-7-14)21-12-4-5-13-21/h4-9,12-13H,10-11H2,1-3H3,(H,19,22)(H,20,23). The van der Waals surface area contributed by atoms with E-state index in [4.69, 9.17) is 0 Å². The monoisotopic (exact) mass is 313 g/mol. The van der Waals surface area contributed by atoms with Gasteiger partial charge in [0.25, 0.3) is 5.91 Å². The molecule has 0 bridgehead atoms. The van der Waals surface area contributed by atoms with Gasteiger partial charge < -0.3 is 15.2 Å². The molecule has 122 valence electrons. The van der Waals surface area contributed by atoms with Gasteiger partial charge in [-0.3, -0.25) is 9.59 Å². The molecule has 2 rings (SSSR count). The minimum absolute atomic E-state index is 0.0252. The minimum Gasteiger partial charge on any atom is -0.354 e. The molecule has 2 aromatic rings. The zero-order chi connectivity index (χ0) is 16.9. The first-order valence-corrected chi connectivity index (χ1v) is 7.68. The number of carbonyl (C=O) groups excluding carboxylic acids is 2. The van der Waals surface area contributed by atoms with Gasteiger partial charge >= 0.3 is 0 Å². The molecule has 0 atom stereocenters. The van der Waals surface area contributed by atoms with Crippen molar-refractivity contribution in [1.29, 1.82) is 0 Å². The Morgan fingerprint density at radius 2 is 1.52 bits per heavy atom. The Kier molecular flexibility index (Phi) is 5.21. The molecule has 5 heteroatoms. The fourth-order valence-electron chi connectivity index (χ4n) is 2.01. The quantitative estimate of drug-likeness (QED) is 0.833. The van der Waals surface area contributed by atoms with Crippen molar-refractivity contribution >= 4 is 11.8 Å². The van der Waals surface area contributed by atoms with Gasteiger partial charge in [0, 0.05) is 42.1 Å². The third kappa shape index (κ3) is 4.71. The number of rotatable bonds is 5. The molecule has 0 unspecified atom stereocenters. The molecule has 0 aliphatic rings. The number of nitrogens with one attached hydrogen (secondary N) is 2. The van der Waals surface area contributed by atoms with Crippen LogP contribution in [0.3, 0.4) is 0 Å². The van der Waals surface area contributed by atoms with E-state index in [2.05, 4.69) is 10.6 Å². The van der Waals surface area contributed by atoms with E-state index in [1.165, 1.54) is 0 Å². The van der Waals surface area contributed by atoms with Crippen LogP contribution in [0, 0.1) is 5.41 Å². The lowest BCUT2D eigenvalue weighted by Gasteiger charge is -2.17. The smallest absolute Gasteiger partial charge is 0.251 e. The predicted octanol–water partition coefficient (Wildman–Crippen LogP) is 2.37. The number of hydrogen-bond donors (Lipinski definition) is 2. The van der Waals surface area contributed by atoms with Crippen molar-refractivity contribution in [2.45, 2.75) is 20.8 Å². The van der Waals surface area contributed by atoms with Crippen LogP contribution in [0.5, 0.6) is 0 Å². The van der Waals surface area contributed by atoms with E-state index in [1.54, 1.807) is 12.1 Å². The lowest BCUT2D eigenvalue weighted by Crippen LogP contribution is -2.39. The van der Waals surface area contributed by atoms with Gasteiger partial charge in [0.15, 0.2) is 0 Å². The Morgan fingerprint density at radius 3 is 2.09 bits per heavy atom. The second-order valence-electron chi connectivity index (χ2n) is 6.40. The van der Waals surface area contributed by atoms with Crippen LogP contribution in [0.2, 0.25) is 0 Å². The van der Waals surface area contributed by atoms with Crippen LogP contribution in [0.4, 0.5) is 0 Å². The molecule has 5 nitrogen and oxygen atoms in total. The Bertz CT molecular complexity index is 653. The molecule has 0 spiro atoms. The topological polar surface area (TPSA) is 63.1 Å². The van der Waals surface area contributed by atoms with Crippen LogP contribution in [0.25, 0.3) is 5.69 Å². The van der Waals surface area contributed by atoms with Crippen molar-refractivity contribution in [3.05, 3.63) is 54.4 Å². The van der Waals surface area contributed by atoms with Crippen LogP contribution < -0.4 is 10.6 Å². The number of benzene rings is 1. The average Bonchev–Trinajstić information content (AvgIpc) is 3.04. The van der Waals surface area contributed by atoms with Crippen molar-refractivity contribution < 1.29 is 9.59 Å². The summed E-state index contributed by atoms with van der Waals surface area (Å²) in [5, 5.41) is 5.60. The molecular weight excluding hydrogens is 290 g/mol. The maximum absolute atomic E-state index is 12.1. The third-order valence-electron chi connectivity index (χ3n) is 3.41. The van der Waals surface area contributed by atoms with Crippen LogP contribution in [-0.2, 0) is 4.79 Å². The highest BCUT2D eigenvalue weighted by Crippen LogP contribution is 2.12. The molecule has 2 amide bonds. The van der Waals surface area contributed by atoms with Crippen LogP contribution >= 0.6 is 0 Å². The van der Waals surface area contributed by atoms with Gasteiger partial charge in [-0.15, -0.1) is 0 Å². The number of hydrogen-bond acceptors (Lipinski definition) is 2. The van der Waals surface area contributed by atoms with Crippen molar-refractivity contribution in [3.63, 3.8) is 0 Å². The van der Waals surface area contributed by atoms with Gasteiger partial charge in [-0.2, -0.15) is 0 Å². The zero-order valence-corrected chi connectivity index (χ0v) is 13.8. The van der Waals surface area contributed by atoms with Crippen molar-refractivity contribution in [2.75, 3.05) is 13.1 Å². The van der Waals surface area contributed by atoms with E-state index in [0.29, 0.717) is 18.7 Å². The van der Waals surface area contributed by atoms with Crippen molar-refractivity contribution in [3.8, 4) is 5.69 Å². The summed E-state index contributed by atoms with van der Waals surface area (Å²) in [6, 6.07) is 11.3. The summed E-state index contributed by atoms with van der Waals surface area (Å²) in [6.07, 6.45) is 3.90. The molecule has 0 aliphatic heterocycles. The second kappa shape index (κ2) is 7.13. The SMILES string of the molecule is CC(C)(C)C(=O)NCCNC(=O)c1ccc(-n2cccc2)cc1. The average molecular weight is 313 g/mol. The zero-order valence-electron chi connectivity index (χ0n) is 13.8. The number of amides is 2. The minimum atomic E-state index is -0.418. The maximum Gasteiger partial charge on any atom is 0.251 e. The van der Waals surface area contributed by atoms with Crippen molar-refractivity contribution in [1.82, 2.24) is 15.2 Å². The molecule has 1 aromatic carbocycles. The Labute approximate surface area is 136 Å².